The van der Waals surface area contributed by atoms with Crippen molar-refractivity contribution in [3.63, 3.8) is 0 Å². The molecule has 1 amide bonds. The van der Waals surface area contributed by atoms with Gasteiger partial charge in [0.05, 0.1) is 6.04 Å². The topological polar surface area (TPSA) is 53.9 Å². The molecule has 0 spiro atoms. The van der Waals surface area contributed by atoms with E-state index in [-0.39, 0.29) is 30.0 Å². The molecular formula is C28H40F3N3O2. The number of hydrazone groups is 1. The standard InChI is InChI=1S/C28H40F3N3O2/c1-9-13-14-16-22(6)34(33-24(8)32-27(35)21(5)11-3)23(7)19-25(15-10-2)17-18-26(12-4)36-28(30,31)20-29/h9-10,12-14,16,18,21-22H,4,7,11,17,19-20H2,1-3,5-6,8H3,(H,32,33,35)/b13-9-,16-14-,26-18?/t15?,21-,22?/m1/s1. The second-order valence-corrected chi connectivity index (χ2v) is 8.15. The van der Waals surface area contributed by atoms with Crippen molar-refractivity contribution in [1.29, 1.82) is 0 Å². The third-order valence-corrected chi connectivity index (χ3v) is 4.96. The minimum absolute atomic E-state index is 0.122. The van der Waals surface area contributed by atoms with Crippen molar-refractivity contribution < 1.29 is 22.7 Å². The fraction of sp³-hybridized carbons (Fsp3) is 0.464. The summed E-state index contributed by atoms with van der Waals surface area (Å²) in [5, 5.41) is 9.09. The molecule has 0 fully saturated rings. The highest BCUT2D eigenvalue weighted by molar-refractivity contribution is 5.97. The van der Waals surface area contributed by atoms with Crippen LogP contribution in [0.2, 0.25) is 0 Å². The lowest BCUT2D eigenvalue weighted by Crippen LogP contribution is -2.36. The molecule has 0 aliphatic rings. The molecular weight excluding hydrogens is 467 g/mol. The second-order valence-electron chi connectivity index (χ2n) is 8.15. The molecule has 8 heteroatoms. The highest BCUT2D eigenvalue weighted by Crippen LogP contribution is 2.24. The summed E-state index contributed by atoms with van der Waals surface area (Å²) in [7, 11) is 0. The Morgan fingerprint density at radius 3 is 2.47 bits per heavy atom. The van der Waals surface area contributed by atoms with Crippen LogP contribution in [0.3, 0.4) is 0 Å². The first kappa shape index (κ1) is 32.8. The average Bonchev–Trinajstić information content (AvgIpc) is 2.84. The second kappa shape index (κ2) is 17.2. The fourth-order valence-electron chi connectivity index (χ4n) is 2.84. The number of nitrogens with one attached hydrogen (secondary N) is 1. The molecule has 0 saturated carbocycles. The third kappa shape index (κ3) is 13.0. The molecule has 0 heterocycles. The minimum atomic E-state index is -3.93. The maximum Gasteiger partial charge on any atom is 0.427 e. The third-order valence-electron chi connectivity index (χ3n) is 4.96. The first-order valence-corrected chi connectivity index (χ1v) is 11.9. The van der Waals surface area contributed by atoms with Gasteiger partial charge in [0, 0.05) is 18.0 Å². The molecule has 0 aromatic rings. The zero-order valence-electron chi connectivity index (χ0n) is 22.3. The Bertz CT molecular complexity index is 926. The normalized spacial score (nSPS) is 14.2. The van der Waals surface area contributed by atoms with Gasteiger partial charge in [0.15, 0.2) is 6.67 Å². The molecule has 0 aliphatic heterocycles. The van der Waals surface area contributed by atoms with E-state index in [4.69, 9.17) is 0 Å². The lowest BCUT2D eigenvalue weighted by atomic mass is 10.1. The highest BCUT2D eigenvalue weighted by Gasteiger charge is 2.31. The average molecular weight is 508 g/mol. The molecule has 5 nitrogen and oxygen atoms in total. The first-order valence-electron chi connectivity index (χ1n) is 11.9. The van der Waals surface area contributed by atoms with Gasteiger partial charge in [-0.15, -0.1) is 5.73 Å². The summed E-state index contributed by atoms with van der Waals surface area (Å²) in [4.78, 5) is 12.3. The van der Waals surface area contributed by atoms with Crippen molar-refractivity contribution in [2.24, 2.45) is 11.0 Å². The molecule has 1 N–H and O–H groups in total. The molecule has 2 atom stereocenters. The predicted octanol–water partition coefficient (Wildman–Crippen LogP) is 7.35. The van der Waals surface area contributed by atoms with Gasteiger partial charge in [0.2, 0.25) is 5.91 Å². The molecule has 0 aromatic carbocycles. The fourth-order valence-corrected chi connectivity index (χ4v) is 2.84. The van der Waals surface area contributed by atoms with Crippen LogP contribution in [0, 0.1) is 5.92 Å². The first-order chi connectivity index (χ1) is 16.9. The Balaban J connectivity index is 5.91. The molecule has 36 heavy (non-hydrogen) atoms. The van der Waals surface area contributed by atoms with E-state index in [9.17, 15) is 18.0 Å². The van der Waals surface area contributed by atoms with Gasteiger partial charge >= 0.3 is 6.11 Å². The largest absolute Gasteiger partial charge is 0.431 e. The maximum atomic E-state index is 13.3. The summed E-state index contributed by atoms with van der Waals surface area (Å²) in [6, 6.07) is -0.207. The Labute approximate surface area is 214 Å². The van der Waals surface area contributed by atoms with E-state index in [0.29, 0.717) is 29.9 Å². The van der Waals surface area contributed by atoms with Crippen molar-refractivity contribution >= 4 is 11.7 Å². The molecule has 1 unspecified atom stereocenters. The number of hydrogen-bond donors (Lipinski definition) is 1. The van der Waals surface area contributed by atoms with Crippen molar-refractivity contribution in [3.8, 4) is 0 Å². The van der Waals surface area contributed by atoms with Crippen LogP contribution in [-0.4, -0.2) is 35.6 Å². The van der Waals surface area contributed by atoms with Crippen molar-refractivity contribution in [1.82, 2.24) is 10.3 Å². The van der Waals surface area contributed by atoms with E-state index in [1.165, 1.54) is 6.08 Å². The van der Waals surface area contributed by atoms with E-state index < -0.39 is 12.8 Å². The SMILES string of the molecule is C=CC(=CCC(=C=CC)CC(=C)N(/N=C(\C)NC(=O)[C@H](C)CC)C(C)/C=C\C=C/C)OC(F)(F)CF. The van der Waals surface area contributed by atoms with E-state index in [1.807, 2.05) is 52.0 Å². The molecule has 0 aliphatic carbocycles. The molecule has 0 saturated heterocycles. The van der Waals surface area contributed by atoms with Crippen molar-refractivity contribution in [2.45, 2.75) is 73.0 Å². The lowest BCUT2D eigenvalue weighted by Gasteiger charge is -2.27. The van der Waals surface area contributed by atoms with Gasteiger partial charge in [-0.1, -0.05) is 51.3 Å². The number of amidine groups is 1. The number of amides is 1. The predicted molar refractivity (Wildman–Crippen MR) is 142 cm³/mol. The minimum Gasteiger partial charge on any atom is -0.431 e. The maximum absolute atomic E-state index is 13.3. The van der Waals surface area contributed by atoms with Crippen LogP contribution in [0.15, 0.2) is 83.6 Å². The summed E-state index contributed by atoms with van der Waals surface area (Å²) in [5.41, 5.74) is 4.39. The summed E-state index contributed by atoms with van der Waals surface area (Å²) in [5.74, 6) is -0.0937. The number of hydrogen-bond acceptors (Lipinski definition) is 4. The van der Waals surface area contributed by atoms with Crippen LogP contribution in [0.4, 0.5) is 13.2 Å². The van der Waals surface area contributed by atoms with E-state index >= 15 is 0 Å². The zero-order valence-corrected chi connectivity index (χ0v) is 22.3. The lowest BCUT2D eigenvalue weighted by molar-refractivity contribution is -0.219. The van der Waals surface area contributed by atoms with Gasteiger partial charge in [-0.2, -0.15) is 13.9 Å². The molecule has 0 radical (unpaired) electrons. The van der Waals surface area contributed by atoms with Crippen LogP contribution >= 0.6 is 0 Å². The summed E-state index contributed by atoms with van der Waals surface area (Å²) >= 11 is 0. The van der Waals surface area contributed by atoms with Gasteiger partial charge < -0.3 is 10.1 Å². The monoisotopic (exact) mass is 507 g/mol. The highest BCUT2D eigenvalue weighted by atomic mass is 19.3. The van der Waals surface area contributed by atoms with Crippen molar-refractivity contribution in [2.75, 3.05) is 6.67 Å². The Morgan fingerprint density at radius 2 is 1.94 bits per heavy atom. The van der Waals surface area contributed by atoms with Crippen LogP contribution < -0.4 is 5.32 Å². The number of carbonyl (C=O) groups is 1. The molecule has 0 rings (SSSR count). The molecule has 200 valence electrons. The van der Waals surface area contributed by atoms with Crippen LogP contribution in [0.5, 0.6) is 0 Å². The van der Waals surface area contributed by atoms with Gasteiger partial charge in [-0.3, -0.25) is 9.80 Å². The molecule has 0 aromatic heterocycles. The summed E-state index contributed by atoms with van der Waals surface area (Å²) in [6.45, 7) is 16.8. The van der Waals surface area contributed by atoms with E-state index in [1.54, 1.807) is 24.9 Å². The van der Waals surface area contributed by atoms with Crippen LogP contribution in [0.1, 0.15) is 60.8 Å². The van der Waals surface area contributed by atoms with Gasteiger partial charge in [-0.25, -0.2) is 4.39 Å². The Kier molecular flexibility index (Phi) is 15.7. The number of allylic oxidation sites excluding steroid dienone is 6. The quantitative estimate of drug-likeness (QED) is 0.0630. The van der Waals surface area contributed by atoms with E-state index in [0.717, 1.165) is 6.08 Å². The van der Waals surface area contributed by atoms with Crippen LogP contribution in [0.25, 0.3) is 0 Å². The van der Waals surface area contributed by atoms with Crippen molar-refractivity contribution in [3.05, 3.63) is 78.5 Å². The van der Waals surface area contributed by atoms with Gasteiger partial charge in [0.1, 0.15) is 11.6 Å². The Hall–Kier alpha value is -3.25. The number of ether oxygens (including phenoxy) is 1. The number of rotatable bonds is 15. The number of carbonyl (C=O) groups excluding carboxylic acids is 1. The summed E-state index contributed by atoms with van der Waals surface area (Å²) < 4.78 is 43.4. The molecule has 0 bridgehead atoms. The van der Waals surface area contributed by atoms with Crippen LogP contribution in [-0.2, 0) is 9.53 Å². The van der Waals surface area contributed by atoms with E-state index in [2.05, 4.69) is 34.0 Å². The van der Waals surface area contributed by atoms with Gasteiger partial charge in [-0.05, 0) is 64.3 Å². The van der Waals surface area contributed by atoms with Gasteiger partial charge in [0.25, 0.3) is 0 Å². The number of halogens is 3. The number of nitrogens with zero attached hydrogens (tertiary/aromatic N) is 2. The zero-order chi connectivity index (χ0) is 27.7. The summed E-state index contributed by atoms with van der Waals surface area (Å²) in [6.07, 6.45) is 9.06. The Morgan fingerprint density at radius 1 is 1.28 bits per heavy atom. The smallest absolute Gasteiger partial charge is 0.427 e. The number of alkyl halides is 3.